The van der Waals surface area contributed by atoms with Gasteiger partial charge in [0.1, 0.15) is 0 Å². The molecule has 4 nitrogen and oxygen atoms in total. The molecule has 2 atom stereocenters. The van der Waals surface area contributed by atoms with Gasteiger partial charge in [-0.15, -0.1) is 0 Å². The smallest absolute Gasteiger partial charge is 0.748 e. The Labute approximate surface area is 180 Å². The number of hydrogen-bond donors (Lipinski definition) is 1. The van der Waals surface area contributed by atoms with Gasteiger partial charge in [-0.3, -0.25) is 0 Å². The van der Waals surface area contributed by atoms with Crippen LogP contribution in [0.15, 0.2) is 0 Å². The molecule has 0 aliphatic carbocycles. The molecule has 6 heteroatoms. The van der Waals surface area contributed by atoms with E-state index in [1.807, 2.05) is 6.92 Å². The van der Waals surface area contributed by atoms with E-state index in [1.54, 1.807) is 0 Å². The van der Waals surface area contributed by atoms with Crippen LogP contribution < -0.4 is 51.4 Å². The molecule has 0 saturated heterocycles. The Morgan fingerprint density at radius 2 is 1.32 bits per heavy atom. The maximum absolute atomic E-state index is 11.2. The SMILES string of the molecule is CCCCCCCCC(O)CC(CCCCC)S(=O)(=O)[O-].[K+]. The van der Waals surface area contributed by atoms with Crippen molar-refractivity contribution >= 4 is 10.1 Å². The summed E-state index contributed by atoms with van der Waals surface area (Å²) in [6, 6.07) is 0. The maximum Gasteiger partial charge on any atom is 1.00 e. The molecular formula is C16H33KO4S. The largest absolute Gasteiger partial charge is 1.00 e. The van der Waals surface area contributed by atoms with Crippen LogP contribution in [0, 0.1) is 0 Å². The van der Waals surface area contributed by atoms with Crippen LogP contribution in [-0.2, 0) is 10.1 Å². The van der Waals surface area contributed by atoms with E-state index in [-0.39, 0.29) is 57.8 Å². The monoisotopic (exact) mass is 360 g/mol. The van der Waals surface area contributed by atoms with Crippen LogP contribution in [0.25, 0.3) is 0 Å². The molecule has 0 fully saturated rings. The first-order valence-electron chi connectivity index (χ1n) is 8.54. The summed E-state index contributed by atoms with van der Waals surface area (Å²) in [4.78, 5) is 0. The van der Waals surface area contributed by atoms with Crippen LogP contribution in [0.4, 0.5) is 0 Å². The zero-order valence-electron chi connectivity index (χ0n) is 14.7. The summed E-state index contributed by atoms with van der Waals surface area (Å²) in [7, 11) is -4.29. The van der Waals surface area contributed by atoms with Crippen molar-refractivity contribution in [1.82, 2.24) is 0 Å². The summed E-state index contributed by atoms with van der Waals surface area (Å²) < 4.78 is 33.7. The molecule has 0 heterocycles. The van der Waals surface area contributed by atoms with Crippen molar-refractivity contribution in [3.63, 3.8) is 0 Å². The molecule has 0 aromatic carbocycles. The van der Waals surface area contributed by atoms with E-state index in [2.05, 4.69) is 6.92 Å². The van der Waals surface area contributed by atoms with Gasteiger partial charge < -0.3 is 9.66 Å². The molecule has 0 aliphatic rings. The number of aliphatic hydroxyl groups is 1. The Morgan fingerprint density at radius 1 is 0.864 bits per heavy atom. The van der Waals surface area contributed by atoms with Crippen molar-refractivity contribution in [2.45, 2.75) is 102 Å². The molecule has 0 aliphatic heterocycles. The minimum Gasteiger partial charge on any atom is -0.748 e. The van der Waals surface area contributed by atoms with Gasteiger partial charge in [-0.05, 0) is 19.3 Å². The molecular weight excluding hydrogens is 327 g/mol. The fourth-order valence-corrected chi connectivity index (χ4v) is 3.50. The van der Waals surface area contributed by atoms with E-state index in [0.717, 1.165) is 32.1 Å². The molecule has 0 spiro atoms. The summed E-state index contributed by atoms with van der Waals surface area (Å²) in [6.07, 6.45) is 9.92. The molecule has 0 amide bonds. The predicted molar refractivity (Wildman–Crippen MR) is 86.2 cm³/mol. The van der Waals surface area contributed by atoms with E-state index < -0.39 is 21.5 Å². The second kappa shape index (κ2) is 16.0. The zero-order valence-corrected chi connectivity index (χ0v) is 18.7. The molecule has 0 aromatic rings. The van der Waals surface area contributed by atoms with Crippen molar-refractivity contribution in [3.05, 3.63) is 0 Å². The number of aliphatic hydroxyl groups excluding tert-OH is 1. The second-order valence-corrected chi connectivity index (χ2v) is 7.71. The van der Waals surface area contributed by atoms with Gasteiger partial charge in [-0.25, -0.2) is 8.42 Å². The Bertz CT molecular complexity index is 333. The first-order valence-corrected chi connectivity index (χ1v) is 10.0. The molecule has 0 radical (unpaired) electrons. The fourth-order valence-electron chi connectivity index (χ4n) is 2.58. The molecule has 2 unspecified atom stereocenters. The normalized spacial score (nSPS) is 14.4. The topological polar surface area (TPSA) is 77.4 Å². The van der Waals surface area contributed by atoms with Crippen molar-refractivity contribution in [3.8, 4) is 0 Å². The summed E-state index contributed by atoms with van der Waals surface area (Å²) in [5, 5.41) is 9.02. The van der Waals surface area contributed by atoms with Crippen LogP contribution >= 0.6 is 0 Å². The molecule has 0 saturated carbocycles. The summed E-state index contributed by atoms with van der Waals surface area (Å²) >= 11 is 0. The Balaban J connectivity index is 0. The third-order valence-electron chi connectivity index (χ3n) is 3.96. The Morgan fingerprint density at radius 3 is 1.86 bits per heavy atom. The van der Waals surface area contributed by atoms with Gasteiger partial charge in [0.05, 0.1) is 21.5 Å². The molecule has 1 N–H and O–H groups in total. The van der Waals surface area contributed by atoms with E-state index in [1.165, 1.54) is 25.7 Å². The minimum atomic E-state index is -4.29. The van der Waals surface area contributed by atoms with Gasteiger partial charge in [-0.1, -0.05) is 71.6 Å². The average molecular weight is 361 g/mol. The van der Waals surface area contributed by atoms with Crippen LogP contribution in [0.2, 0.25) is 0 Å². The Kier molecular flexibility index (Phi) is 18.7. The van der Waals surface area contributed by atoms with Gasteiger partial charge in [0.2, 0.25) is 0 Å². The van der Waals surface area contributed by atoms with E-state index in [9.17, 15) is 18.1 Å². The summed E-state index contributed by atoms with van der Waals surface area (Å²) in [5.74, 6) is 0. The van der Waals surface area contributed by atoms with Crippen molar-refractivity contribution < 1.29 is 69.5 Å². The van der Waals surface area contributed by atoms with Gasteiger partial charge in [0.15, 0.2) is 0 Å². The number of unbranched alkanes of at least 4 members (excludes halogenated alkanes) is 7. The molecule has 22 heavy (non-hydrogen) atoms. The van der Waals surface area contributed by atoms with E-state index in [0.29, 0.717) is 12.8 Å². The summed E-state index contributed by atoms with van der Waals surface area (Å²) in [5.41, 5.74) is 0. The van der Waals surface area contributed by atoms with E-state index >= 15 is 0 Å². The van der Waals surface area contributed by atoms with Crippen LogP contribution in [0.3, 0.4) is 0 Å². The van der Waals surface area contributed by atoms with Crippen molar-refractivity contribution in [2.24, 2.45) is 0 Å². The zero-order chi connectivity index (χ0) is 16.1. The fraction of sp³-hybridized carbons (Fsp3) is 1.00. The quantitative estimate of drug-likeness (QED) is 0.285. The maximum atomic E-state index is 11.2. The Hall–Kier alpha value is 1.51. The van der Waals surface area contributed by atoms with E-state index in [4.69, 9.17) is 0 Å². The number of rotatable bonds is 14. The van der Waals surface area contributed by atoms with Gasteiger partial charge in [-0.2, -0.15) is 0 Å². The number of hydrogen-bond acceptors (Lipinski definition) is 4. The molecule has 0 bridgehead atoms. The van der Waals surface area contributed by atoms with Gasteiger partial charge in [0, 0.05) is 0 Å². The van der Waals surface area contributed by atoms with Gasteiger partial charge >= 0.3 is 51.4 Å². The minimum absolute atomic E-state index is 0. The summed E-state index contributed by atoms with van der Waals surface area (Å²) in [6.45, 7) is 4.21. The van der Waals surface area contributed by atoms with Crippen molar-refractivity contribution in [2.75, 3.05) is 0 Å². The van der Waals surface area contributed by atoms with Crippen LogP contribution in [0.1, 0.15) is 90.9 Å². The predicted octanol–water partition coefficient (Wildman–Crippen LogP) is 0.986. The molecule has 128 valence electrons. The third-order valence-corrected chi connectivity index (χ3v) is 5.21. The third kappa shape index (κ3) is 15.1. The molecule has 0 aromatic heterocycles. The first kappa shape index (κ1) is 25.7. The standard InChI is InChI=1S/C16H34O4S.K/c1-3-5-7-8-9-11-12-15(17)14-16(21(18,19)20)13-10-6-4-2;/h15-17H,3-14H2,1-2H3,(H,18,19,20);/q;+1/p-1. The molecule has 0 rings (SSSR count). The second-order valence-electron chi connectivity index (χ2n) is 6.06. The van der Waals surface area contributed by atoms with Crippen LogP contribution in [-0.4, -0.2) is 29.4 Å². The first-order chi connectivity index (χ1) is 9.91. The van der Waals surface area contributed by atoms with Gasteiger partial charge in [0.25, 0.3) is 0 Å². The average Bonchev–Trinajstić information content (AvgIpc) is 2.40. The van der Waals surface area contributed by atoms with Crippen LogP contribution in [0.5, 0.6) is 0 Å². The van der Waals surface area contributed by atoms with Crippen molar-refractivity contribution in [1.29, 1.82) is 0 Å².